The molecule has 4 heteroatoms. The second kappa shape index (κ2) is 6.02. The third kappa shape index (κ3) is 2.69. The molecule has 18 heavy (non-hydrogen) atoms. The zero-order valence-corrected chi connectivity index (χ0v) is 11.6. The molecule has 4 unspecified atom stereocenters. The number of hydrogen-bond donors (Lipinski definition) is 2. The molecule has 0 spiro atoms. The maximum absolute atomic E-state index is 11.8. The fraction of sp³-hybridized carbons (Fsp3) is 0.929. The number of nitrogens with zero attached hydrogens (tertiary/aromatic N) is 1. The average molecular weight is 254 g/mol. The third-order valence-corrected chi connectivity index (χ3v) is 4.74. The Morgan fingerprint density at radius 2 is 2.00 bits per heavy atom. The molecule has 4 atom stereocenters. The smallest absolute Gasteiger partial charge is 0.236 e. The van der Waals surface area contributed by atoms with Gasteiger partial charge in [0.15, 0.2) is 0 Å². The summed E-state index contributed by atoms with van der Waals surface area (Å²) in [6.07, 6.45) is 6.53. The van der Waals surface area contributed by atoms with Crippen LogP contribution in [0.5, 0.6) is 0 Å². The van der Waals surface area contributed by atoms with Gasteiger partial charge in [-0.1, -0.05) is 12.8 Å². The highest BCUT2D eigenvalue weighted by Crippen LogP contribution is 2.35. The van der Waals surface area contributed by atoms with E-state index in [4.69, 9.17) is 0 Å². The number of likely N-dealkylation sites (N-methyl/N-ethyl adjacent to an activating group) is 1. The van der Waals surface area contributed by atoms with Crippen LogP contribution in [0.2, 0.25) is 0 Å². The summed E-state index contributed by atoms with van der Waals surface area (Å²) in [6, 6.07) is 0.323. The summed E-state index contributed by atoms with van der Waals surface area (Å²) >= 11 is 0. The highest BCUT2D eigenvalue weighted by atomic mass is 16.3. The van der Waals surface area contributed by atoms with Crippen molar-refractivity contribution in [3.8, 4) is 0 Å². The van der Waals surface area contributed by atoms with Gasteiger partial charge in [-0.15, -0.1) is 0 Å². The molecule has 1 amide bonds. The van der Waals surface area contributed by atoms with E-state index in [2.05, 4.69) is 10.2 Å². The maximum atomic E-state index is 11.8. The molecule has 0 aromatic carbocycles. The molecular formula is C14H26N2O2. The molecule has 0 aromatic heterocycles. The van der Waals surface area contributed by atoms with Crippen LogP contribution in [0.25, 0.3) is 0 Å². The maximum Gasteiger partial charge on any atom is 0.236 e. The number of amides is 1. The van der Waals surface area contributed by atoms with Gasteiger partial charge in [-0.2, -0.15) is 0 Å². The minimum Gasteiger partial charge on any atom is -0.393 e. The Balaban J connectivity index is 2.04. The van der Waals surface area contributed by atoms with Crippen molar-refractivity contribution in [2.75, 3.05) is 13.6 Å². The molecule has 4 nitrogen and oxygen atoms in total. The Morgan fingerprint density at radius 1 is 1.28 bits per heavy atom. The number of carbonyl (C=O) groups excluding carboxylic acids is 1. The zero-order chi connectivity index (χ0) is 13.1. The number of rotatable bonds is 3. The van der Waals surface area contributed by atoms with Gasteiger partial charge in [0.2, 0.25) is 5.91 Å². The molecule has 0 radical (unpaired) electrons. The van der Waals surface area contributed by atoms with Crippen molar-refractivity contribution >= 4 is 5.91 Å². The van der Waals surface area contributed by atoms with Crippen LogP contribution in [0.1, 0.15) is 45.4 Å². The molecule has 2 fully saturated rings. The number of aliphatic hydroxyl groups is 1. The first kappa shape index (κ1) is 13.8. The zero-order valence-electron chi connectivity index (χ0n) is 11.6. The Labute approximate surface area is 110 Å². The second-order valence-electron chi connectivity index (χ2n) is 5.75. The molecule has 1 saturated heterocycles. The van der Waals surface area contributed by atoms with E-state index in [1.165, 1.54) is 6.42 Å². The lowest BCUT2D eigenvalue weighted by atomic mass is 9.80. The largest absolute Gasteiger partial charge is 0.393 e. The van der Waals surface area contributed by atoms with Gasteiger partial charge in [0.1, 0.15) is 0 Å². The highest BCUT2D eigenvalue weighted by molar-refractivity contribution is 5.81. The first-order valence-electron chi connectivity index (χ1n) is 7.30. The van der Waals surface area contributed by atoms with E-state index < -0.39 is 0 Å². The molecule has 1 aliphatic carbocycles. The first-order valence-corrected chi connectivity index (χ1v) is 7.30. The summed E-state index contributed by atoms with van der Waals surface area (Å²) in [5.74, 6) is 0.459. The van der Waals surface area contributed by atoms with Crippen LogP contribution in [0.15, 0.2) is 0 Å². The first-order chi connectivity index (χ1) is 8.65. The van der Waals surface area contributed by atoms with Gasteiger partial charge in [-0.05, 0) is 39.2 Å². The second-order valence-corrected chi connectivity index (χ2v) is 5.75. The SMILES string of the molecule is CNC(=O)C(C)N1CCCC1C1CCCCC1O. The van der Waals surface area contributed by atoms with Gasteiger partial charge >= 0.3 is 0 Å². The molecule has 2 aliphatic rings. The monoisotopic (exact) mass is 254 g/mol. The summed E-state index contributed by atoms with van der Waals surface area (Å²) in [5, 5.41) is 12.9. The molecule has 0 aromatic rings. The van der Waals surface area contributed by atoms with Crippen molar-refractivity contribution < 1.29 is 9.90 Å². The van der Waals surface area contributed by atoms with E-state index in [1.807, 2.05) is 6.92 Å². The van der Waals surface area contributed by atoms with Crippen molar-refractivity contribution in [3.63, 3.8) is 0 Å². The topological polar surface area (TPSA) is 52.6 Å². The number of likely N-dealkylation sites (tertiary alicyclic amines) is 1. The molecule has 1 heterocycles. The van der Waals surface area contributed by atoms with E-state index >= 15 is 0 Å². The van der Waals surface area contributed by atoms with Gasteiger partial charge in [0, 0.05) is 19.0 Å². The predicted octanol–water partition coefficient (Wildman–Crippen LogP) is 1.14. The standard InChI is InChI=1S/C14H26N2O2/c1-10(14(18)15-2)16-9-5-7-12(16)11-6-3-4-8-13(11)17/h10-13,17H,3-9H2,1-2H3,(H,15,18). The minimum absolute atomic E-state index is 0.0726. The van der Waals surface area contributed by atoms with Gasteiger partial charge in [-0.25, -0.2) is 0 Å². The fourth-order valence-electron chi connectivity index (χ4n) is 3.70. The third-order valence-electron chi connectivity index (χ3n) is 4.74. The van der Waals surface area contributed by atoms with E-state index in [9.17, 15) is 9.90 Å². The molecule has 104 valence electrons. The van der Waals surface area contributed by atoms with Gasteiger partial charge < -0.3 is 10.4 Å². The van der Waals surface area contributed by atoms with Gasteiger partial charge in [0.25, 0.3) is 0 Å². The van der Waals surface area contributed by atoms with Crippen LogP contribution in [-0.4, -0.2) is 47.7 Å². The molecule has 2 N–H and O–H groups in total. The summed E-state index contributed by atoms with van der Waals surface area (Å²) in [4.78, 5) is 14.1. The van der Waals surface area contributed by atoms with Crippen molar-refractivity contribution in [2.45, 2.75) is 63.6 Å². The van der Waals surface area contributed by atoms with E-state index in [0.29, 0.717) is 12.0 Å². The van der Waals surface area contributed by atoms with Crippen LogP contribution in [0, 0.1) is 5.92 Å². The summed E-state index contributed by atoms with van der Waals surface area (Å²) in [7, 11) is 1.69. The Morgan fingerprint density at radius 3 is 2.67 bits per heavy atom. The van der Waals surface area contributed by atoms with Crippen molar-refractivity contribution in [1.29, 1.82) is 0 Å². The molecule has 0 bridgehead atoms. The van der Waals surface area contributed by atoms with E-state index in [-0.39, 0.29) is 18.1 Å². The van der Waals surface area contributed by atoms with Crippen LogP contribution >= 0.6 is 0 Å². The molecular weight excluding hydrogens is 228 g/mol. The lowest BCUT2D eigenvalue weighted by molar-refractivity contribution is -0.126. The average Bonchev–Trinajstić information content (AvgIpc) is 2.86. The number of aliphatic hydroxyl groups excluding tert-OH is 1. The normalized spacial score (nSPS) is 35.4. The highest BCUT2D eigenvalue weighted by Gasteiger charge is 2.39. The van der Waals surface area contributed by atoms with Crippen LogP contribution < -0.4 is 5.32 Å². The lowest BCUT2D eigenvalue weighted by Gasteiger charge is -2.39. The van der Waals surface area contributed by atoms with Crippen LogP contribution in [-0.2, 0) is 4.79 Å². The van der Waals surface area contributed by atoms with Gasteiger partial charge in [-0.3, -0.25) is 9.69 Å². The number of nitrogens with one attached hydrogen (secondary N) is 1. The summed E-state index contributed by atoms with van der Waals surface area (Å²) in [5.41, 5.74) is 0. The Hall–Kier alpha value is -0.610. The molecule has 2 rings (SSSR count). The lowest BCUT2D eigenvalue weighted by Crippen LogP contribution is -2.51. The van der Waals surface area contributed by atoms with Crippen molar-refractivity contribution in [1.82, 2.24) is 10.2 Å². The Bertz CT molecular complexity index is 296. The number of carbonyl (C=O) groups is 1. The van der Waals surface area contributed by atoms with E-state index in [0.717, 1.165) is 38.6 Å². The van der Waals surface area contributed by atoms with Gasteiger partial charge in [0.05, 0.1) is 12.1 Å². The summed E-state index contributed by atoms with van der Waals surface area (Å²) < 4.78 is 0. The minimum atomic E-state index is -0.166. The van der Waals surface area contributed by atoms with Crippen LogP contribution in [0.3, 0.4) is 0 Å². The van der Waals surface area contributed by atoms with Crippen molar-refractivity contribution in [3.05, 3.63) is 0 Å². The van der Waals surface area contributed by atoms with Crippen molar-refractivity contribution in [2.24, 2.45) is 5.92 Å². The Kier molecular flexibility index (Phi) is 4.62. The quantitative estimate of drug-likeness (QED) is 0.794. The molecule has 1 aliphatic heterocycles. The van der Waals surface area contributed by atoms with E-state index in [1.54, 1.807) is 7.05 Å². The fourth-order valence-corrected chi connectivity index (χ4v) is 3.70. The number of hydrogen-bond acceptors (Lipinski definition) is 3. The van der Waals surface area contributed by atoms with Crippen LogP contribution in [0.4, 0.5) is 0 Å². The summed E-state index contributed by atoms with van der Waals surface area (Å²) in [6.45, 7) is 2.97. The predicted molar refractivity (Wildman–Crippen MR) is 71.2 cm³/mol. The molecule has 1 saturated carbocycles.